The molecule has 0 spiro atoms. The summed E-state index contributed by atoms with van der Waals surface area (Å²) in [7, 11) is 0. The van der Waals surface area contributed by atoms with E-state index in [2.05, 4.69) is 40.5 Å². The van der Waals surface area contributed by atoms with Gasteiger partial charge in [-0.05, 0) is 55.2 Å². The van der Waals surface area contributed by atoms with E-state index in [9.17, 15) is 4.79 Å². The third-order valence-electron chi connectivity index (χ3n) is 5.19. The van der Waals surface area contributed by atoms with Crippen LogP contribution in [0.5, 0.6) is 0 Å². The fraction of sp³-hybridized carbons (Fsp3) is 0.381. The Hall–Kier alpha value is -2.49. The van der Waals surface area contributed by atoms with Crippen molar-refractivity contribution in [3.63, 3.8) is 0 Å². The van der Waals surface area contributed by atoms with Crippen molar-refractivity contribution in [1.29, 1.82) is 0 Å². The van der Waals surface area contributed by atoms with E-state index in [4.69, 9.17) is 0 Å². The first-order valence-corrected chi connectivity index (χ1v) is 9.28. The molecular weight excluding hydrogens is 310 g/mol. The average molecular weight is 335 g/mol. The van der Waals surface area contributed by atoms with E-state index < -0.39 is 0 Å². The number of nitrogens with one attached hydrogen (secondary N) is 1. The fourth-order valence-corrected chi connectivity index (χ4v) is 3.81. The molecule has 4 heteroatoms. The lowest BCUT2D eigenvalue weighted by Gasteiger charge is -2.19. The van der Waals surface area contributed by atoms with Gasteiger partial charge in [-0.1, -0.05) is 18.2 Å². The zero-order chi connectivity index (χ0) is 17.1. The quantitative estimate of drug-likeness (QED) is 0.905. The molecule has 0 saturated carbocycles. The van der Waals surface area contributed by atoms with Gasteiger partial charge in [0, 0.05) is 49.7 Å². The lowest BCUT2D eigenvalue weighted by Crippen LogP contribution is -2.30. The van der Waals surface area contributed by atoms with Gasteiger partial charge in [-0.3, -0.25) is 4.79 Å². The number of rotatable bonds is 5. The summed E-state index contributed by atoms with van der Waals surface area (Å²) in [5.41, 5.74) is 4.74. The molecule has 1 saturated heterocycles. The Bertz CT molecular complexity index is 735. The van der Waals surface area contributed by atoms with E-state index in [1.165, 1.54) is 37.2 Å². The van der Waals surface area contributed by atoms with Crippen molar-refractivity contribution >= 4 is 23.0 Å². The van der Waals surface area contributed by atoms with E-state index in [-0.39, 0.29) is 5.91 Å². The van der Waals surface area contributed by atoms with Crippen LogP contribution >= 0.6 is 0 Å². The lowest BCUT2D eigenvalue weighted by molar-refractivity contribution is -0.118. The van der Waals surface area contributed by atoms with Crippen molar-refractivity contribution in [2.45, 2.75) is 25.7 Å². The number of nitrogens with zero attached hydrogens (tertiary/aromatic N) is 2. The van der Waals surface area contributed by atoms with Gasteiger partial charge >= 0.3 is 0 Å². The molecule has 0 bridgehead atoms. The molecule has 2 aromatic rings. The minimum absolute atomic E-state index is 0.200. The molecule has 130 valence electrons. The van der Waals surface area contributed by atoms with Gasteiger partial charge in [0.15, 0.2) is 0 Å². The van der Waals surface area contributed by atoms with Crippen LogP contribution in [0.1, 0.15) is 24.8 Å². The number of carbonyl (C=O) groups excluding carboxylic acids is 1. The summed E-state index contributed by atoms with van der Waals surface area (Å²) in [5.74, 6) is 0.200. The summed E-state index contributed by atoms with van der Waals surface area (Å²) in [6, 6.07) is 16.8. The summed E-state index contributed by atoms with van der Waals surface area (Å²) in [6.07, 6.45) is 4.07. The maximum atomic E-state index is 12.5. The van der Waals surface area contributed by atoms with E-state index >= 15 is 0 Å². The van der Waals surface area contributed by atoms with Crippen LogP contribution in [-0.2, 0) is 11.2 Å². The van der Waals surface area contributed by atoms with Crippen LogP contribution in [0.3, 0.4) is 0 Å². The SMILES string of the molecule is O=C(CCNc1ccc(N2CCCC2)cc1)N1CCc2ccccc21. The molecule has 0 radical (unpaired) electrons. The summed E-state index contributed by atoms with van der Waals surface area (Å²) in [4.78, 5) is 16.9. The number of hydrogen-bond donors (Lipinski definition) is 1. The second-order valence-electron chi connectivity index (χ2n) is 6.84. The number of hydrogen-bond acceptors (Lipinski definition) is 3. The summed E-state index contributed by atoms with van der Waals surface area (Å²) in [5, 5.41) is 3.37. The topological polar surface area (TPSA) is 35.6 Å². The molecule has 2 heterocycles. The maximum Gasteiger partial charge on any atom is 0.228 e. The molecule has 2 aromatic carbocycles. The Morgan fingerprint density at radius 3 is 2.52 bits per heavy atom. The van der Waals surface area contributed by atoms with Crippen LogP contribution in [-0.4, -0.2) is 32.1 Å². The van der Waals surface area contributed by atoms with Gasteiger partial charge in [-0.25, -0.2) is 0 Å². The fourth-order valence-electron chi connectivity index (χ4n) is 3.81. The molecule has 2 aliphatic heterocycles. The maximum absolute atomic E-state index is 12.5. The van der Waals surface area contributed by atoms with Crippen LogP contribution in [0, 0.1) is 0 Å². The highest BCUT2D eigenvalue weighted by Gasteiger charge is 2.23. The third kappa shape index (κ3) is 3.48. The highest BCUT2D eigenvalue weighted by atomic mass is 16.2. The van der Waals surface area contributed by atoms with Gasteiger partial charge in [0.25, 0.3) is 0 Å². The second-order valence-corrected chi connectivity index (χ2v) is 6.84. The number of para-hydroxylation sites is 1. The molecule has 2 aliphatic rings. The standard InChI is InChI=1S/C21H25N3O/c25-21(24-16-12-17-5-1-2-6-20(17)24)11-13-22-18-7-9-19(10-8-18)23-14-3-4-15-23/h1-2,5-10,22H,3-4,11-16H2. The Kier molecular flexibility index (Phi) is 4.59. The molecule has 1 amide bonds. The molecule has 4 rings (SSSR count). The number of carbonyl (C=O) groups is 1. The first-order valence-electron chi connectivity index (χ1n) is 9.28. The van der Waals surface area contributed by atoms with Crippen LogP contribution in [0.25, 0.3) is 0 Å². The van der Waals surface area contributed by atoms with E-state index in [1.54, 1.807) is 0 Å². The summed E-state index contributed by atoms with van der Waals surface area (Å²) in [6.45, 7) is 3.81. The normalized spacial score (nSPS) is 16.2. The third-order valence-corrected chi connectivity index (χ3v) is 5.19. The smallest absolute Gasteiger partial charge is 0.228 e. The Morgan fingerprint density at radius 1 is 0.960 bits per heavy atom. The van der Waals surface area contributed by atoms with Crippen molar-refractivity contribution < 1.29 is 4.79 Å². The molecular formula is C21H25N3O. The highest BCUT2D eigenvalue weighted by molar-refractivity contribution is 5.95. The van der Waals surface area contributed by atoms with Crippen molar-refractivity contribution in [2.75, 3.05) is 41.3 Å². The van der Waals surface area contributed by atoms with Gasteiger partial charge < -0.3 is 15.1 Å². The number of benzene rings is 2. The molecule has 0 atom stereocenters. The Balaban J connectivity index is 1.28. The molecule has 0 unspecified atom stereocenters. The first-order chi connectivity index (χ1) is 12.3. The average Bonchev–Trinajstić information content (AvgIpc) is 3.32. The van der Waals surface area contributed by atoms with Crippen molar-refractivity contribution in [1.82, 2.24) is 0 Å². The molecule has 0 aliphatic carbocycles. The molecule has 1 N–H and O–H groups in total. The van der Waals surface area contributed by atoms with Crippen LogP contribution in [0.2, 0.25) is 0 Å². The summed E-state index contributed by atoms with van der Waals surface area (Å²) < 4.78 is 0. The van der Waals surface area contributed by atoms with E-state index in [0.29, 0.717) is 13.0 Å². The Labute approximate surface area is 149 Å². The van der Waals surface area contributed by atoms with Crippen molar-refractivity contribution in [3.8, 4) is 0 Å². The predicted octanol–water partition coefficient (Wildman–Crippen LogP) is 3.68. The zero-order valence-corrected chi connectivity index (χ0v) is 14.6. The monoisotopic (exact) mass is 335 g/mol. The number of fused-ring (bicyclic) bond motifs is 1. The predicted molar refractivity (Wildman–Crippen MR) is 103 cm³/mol. The second kappa shape index (κ2) is 7.18. The summed E-state index contributed by atoms with van der Waals surface area (Å²) >= 11 is 0. The van der Waals surface area contributed by atoms with Gasteiger partial charge in [-0.2, -0.15) is 0 Å². The van der Waals surface area contributed by atoms with Crippen molar-refractivity contribution in [2.24, 2.45) is 0 Å². The Morgan fingerprint density at radius 2 is 1.72 bits per heavy atom. The van der Waals surface area contributed by atoms with Crippen molar-refractivity contribution in [3.05, 3.63) is 54.1 Å². The van der Waals surface area contributed by atoms with Gasteiger partial charge in [-0.15, -0.1) is 0 Å². The first kappa shape index (κ1) is 16.0. The van der Waals surface area contributed by atoms with Crippen LogP contribution < -0.4 is 15.1 Å². The molecule has 1 fully saturated rings. The minimum atomic E-state index is 0.200. The minimum Gasteiger partial charge on any atom is -0.385 e. The van der Waals surface area contributed by atoms with E-state index in [1.807, 2.05) is 23.1 Å². The lowest BCUT2D eigenvalue weighted by atomic mass is 10.2. The van der Waals surface area contributed by atoms with Gasteiger partial charge in [0.2, 0.25) is 5.91 Å². The molecule has 4 nitrogen and oxygen atoms in total. The van der Waals surface area contributed by atoms with Crippen LogP contribution in [0.4, 0.5) is 17.1 Å². The highest BCUT2D eigenvalue weighted by Crippen LogP contribution is 2.28. The van der Waals surface area contributed by atoms with Gasteiger partial charge in [0.1, 0.15) is 0 Å². The largest absolute Gasteiger partial charge is 0.385 e. The van der Waals surface area contributed by atoms with Crippen LogP contribution in [0.15, 0.2) is 48.5 Å². The number of amides is 1. The zero-order valence-electron chi connectivity index (χ0n) is 14.6. The van der Waals surface area contributed by atoms with Gasteiger partial charge in [0.05, 0.1) is 0 Å². The number of anilines is 3. The molecule has 25 heavy (non-hydrogen) atoms. The van der Waals surface area contributed by atoms with E-state index in [0.717, 1.165) is 24.3 Å². The molecule has 0 aromatic heterocycles.